The minimum Gasteiger partial charge on any atom is -0.368 e. The first kappa shape index (κ1) is 11.0. The number of rotatable bonds is 2. The van der Waals surface area contributed by atoms with Gasteiger partial charge < -0.3 is 15.5 Å². The fourth-order valence-corrected chi connectivity index (χ4v) is 1.81. The zero-order chi connectivity index (χ0) is 10.9. The van der Waals surface area contributed by atoms with Crippen LogP contribution < -0.4 is 5.73 Å². The molecule has 1 rings (SSSR count). The van der Waals surface area contributed by atoms with E-state index in [2.05, 4.69) is 0 Å². The van der Waals surface area contributed by atoms with Gasteiger partial charge in [0.1, 0.15) is 6.04 Å². The van der Waals surface area contributed by atoms with Crippen molar-refractivity contribution in [1.29, 1.82) is 0 Å². The predicted molar refractivity (Wildman–Crippen MR) is 52.5 cm³/mol. The molecule has 0 aromatic carbocycles. The van der Waals surface area contributed by atoms with Crippen LogP contribution >= 0.6 is 0 Å². The minimum atomic E-state index is -0.431. The van der Waals surface area contributed by atoms with Crippen LogP contribution in [-0.2, 0) is 9.59 Å². The van der Waals surface area contributed by atoms with Crippen molar-refractivity contribution in [2.24, 2.45) is 5.73 Å². The number of likely N-dealkylation sites (N-methyl/N-ethyl adjacent to an activating group) is 1. The van der Waals surface area contributed by atoms with Crippen LogP contribution in [0.5, 0.6) is 0 Å². The monoisotopic (exact) mass is 199 g/mol. The van der Waals surface area contributed by atoms with Crippen molar-refractivity contribution in [3.8, 4) is 0 Å². The smallest absolute Gasteiger partial charge is 0.240 e. The summed E-state index contributed by atoms with van der Waals surface area (Å²) in [5.41, 5.74) is 5.24. The maximum Gasteiger partial charge on any atom is 0.240 e. The third-order valence-electron chi connectivity index (χ3n) is 2.74. The highest BCUT2D eigenvalue weighted by atomic mass is 16.2. The van der Waals surface area contributed by atoms with Crippen molar-refractivity contribution in [2.75, 3.05) is 20.6 Å². The van der Waals surface area contributed by atoms with Crippen molar-refractivity contribution in [1.82, 2.24) is 9.80 Å². The maximum absolute atomic E-state index is 11.2. The van der Waals surface area contributed by atoms with Crippen LogP contribution in [0, 0.1) is 0 Å². The second-order valence-electron chi connectivity index (χ2n) is 3.94. The largest absolute Gasteiger partial charge is 0.368 e. The van der Waals surface area contributed by atoms with Crippen LogP contribution in [0.15, 0.2) is 0 Å². The predicted octanol–water partition coefficient (Wildman–Crippen LogP) is -0.977. The Bertz CT molecular complexity index is 230. The number of nitrogens with zero attached hydrogens (tertiary/aromatic N) is 2. The molecule has 0 bridgehead atoms. The molecule has 2 N–H and O–H groups in total. The fraction of sp³-hybridized carbons (Fsp3) is 0.778. The van der Waals surface area contributed by atoms with E-state index in [0.717, 1.165) is 0 Å². The topological polar surface area (TPSA) is 66.6 Å². The van der Waals surface area contributed by atoms with Gasteiger partial charge in [-0.3, -0.25) is 9.59 Å². The van der Waals surface area contributed by atoms with Gasteiger partial charge >= 0.3 is 0 Å². The molecule has 1 aliphatic heterocycles. The van der Waals surface area contributed by atoms with E-state index >= 15 is 0 Å². The van der Waals surface area contributed by atoms with Gasteiger partial charge in [0.15, 0.2) is 0 Å². The van der Waals surface area contributed by atoms with Gasteiger partial charge in [-0.2, -0.15) is 0 Å². The Morgan fingerprint density at radius 1 is 1.43 bits per heavy atom. The molecule has 0 aromatic rings. The SMILES string of the molecule is CC(=O)N1C[C@@H](N(C)C)C[C@H]1C(N)=O. The lowest BCUT2D eigenvalue weighted by molar-refractivity contribution is -0.135. The second kappa shape index (κ2) is 3.96. The first-order chi connectivity index (χ1) is 6.43. The highest BCUT2D eigenvalue weighted by Crippen LogP contribution is 2.20. The van der Waals surface area contributed by atoms with E-state index in [9.17, 15) is 9.59 Å². The lowest BCUT2D eigenvalue weighted by atomic mass is 10.1. The molecule has 1 fully saturated rings. The summed E-state index contributed by atoms with van der Waals surface area (Å²) in [6.45, 7) is 2.06. The summed E-state index contributed by atoms with van der Waals surface area (Å²) in [5, 5.41) is 0. The van der Waals surface area contributed by atoms with Gasteiger partial charge in [0.2, 0.25) is 11.8 Å². The summed E-state index contributed by atoms with van der Waals surface area (Å²) in [5.74, 6) is -0.497. The molecule has 5 nitrogen and oxygen atoms in total. The van der Waals surface area contributed by atoms with Gasteiger partial charge in [0.25, 0.3) is 0 Å². The normalized spacial score (nSPS) is 27.0. The summed E-state index contributed by atoms with van der Waals surface area (Å²) in [4.78, 5) is 25.9. The van der Waals surface area contributed by atoms with Gasteiger partial charge in [-0.15, -0.1) is 0 Å². The van der Waals surface area contributed by atoms with Gasteiger partial charge in [-0.05, 0) is 20.5 Å². The van der Waals surface area contributed by atoms with Crippen LogP contribution in [0.25, 0.3) is 0 Å². The highest BCUT2D eigenvalue weighted by Gasteiger charge is 2.37. The van der Waals surface area contributed by atoms with E-state index in [4.69, 9.17) is 5.73 Å². The number of primary amides is 1. The quantitative estimate of drug-likeness (QED) is 0.622. The molecular formula is C9H17N3O2. The summed E-state index contributed by atoms with van der Waals surface area (Å²) >= 11 is 0. The number of nitrogens with two attached hydrogens (primary N) is 1. The number of hydrogen-bond acceptors (Lipinski definition) is 3. The number of amides is 2. The van der Waals surface area contributed by atoms with Crippen molar-refractivity contribution in [3.63, 3.8) is 0 Å². The molecule has 0 unspecified atom stereocenters. The third kappa shape index (κ3) is 2.04. The van der Waals surface area contributed by atoms with Crippen molar-refractivity contribution in [3.05, 3.63) is 0 Å². The highest BCUT2D eigenvalue weighted by molar-refractivity contribution is 5.86. The molecule has 2 atom stereocenters. The number of likely N-dealkylation sites (tertiary alicyclic amines) is 1. The summed E-state index contributed by atoms with van der Waals surface area (Å²) in [7, 11) is 3.87. The molecule has 0 saturated carbocycles. The Hall–Kier alpha value is -1.10. The molecule has 0 aromatic heterocycles. The molecular weight excluding hydrogens is 182 g/mol. The standard InChI is InChI=1S/C9H17N3O2/c1-6(13)12-5-7(11(2)3)4-8(12)9(10)14/h7-8H,4-5H2,1-3H3,(H2,10,14)/t7-,8-/m0/s1. The van der Waals surface area contributed by atoms with Gasteiger partial charge in [-0.1, -0.05) is 0 Å². The summed E-state index contributed by atoms with van der Waals surface area (Å²) in [6, 6.07) is -0.198. The zero-order valence-corrected chi connectivity index (χ0v) is 8.86. The molecule has 0 spiro atoms. The number of carbonyl (C=O) groups is 2. The van der Waals surface area contributed by atoms with Gasteiger partial charge in [-0.25, -0.2) is 0 Å². The summed E-state index contributed by atoms with van der Waals surface area (Å²) in [6.07, 6.45) is 0.641. The molecule has 5 heteroatoms. The van der Waals surface area contributed by atoms with Crippen LogP contribution in [-0.4, -0.2) is 54.3 Å². The fourth-order valence-electron chi connectivity index (χ4n) is 1.81. The Morgan fingerprint density at radius 3 is 2.29 bits per heavy atom. The van der Waals surface area contributed by atoms with Crippen LogP contribution in [0.2, 0.25) is 0 Å². The second-order valence-corrected chi connectivity index (χ2v) is 3.94. The van der Waals surface area contributed by atoms with Crippen LogP contribution in [0.3, 0.4) is 0 Å². The first-order valence-electron chi connectivity index (χ1n) is 4.66. The molecule has 80 valence electrons. The van der Waals surface area contributed by atoms with Crippen LogP contribution in [0.4, 0.5) is 0 Å². The van der Waals surface area contributed by atoms with Gasteiger partial charge in [0, 0.05) is 19.5 Å². The maximum atomic E-state index is 11.2. The zero-order valence-electron chi connectivity index (χ0n) is 8.86. The average molecular weight is 199 g/mol. The molecule has 1 aliphatic rings. The molecule has 1 heterocycles. The van der Waals surface area contributed by atoms with Crippen molar-refractivity contribution >= 4 is 11.8 Å². The lowest BCUT2D eigenvalue weighted by Crippen LogP contribution is -2.42. The van der Waals surface area contributed by atoms with E-state index < -0.39 is 11.9 Å². The van der Waals surface area contributed by atoms with E-state index in [-0.39, 0.29) is 11.9 Å². The Morgan fingerprint density at radius 2 is 2.00 bits per heavy atom. The molecule has 14 heavy (non-hydrogen) atoms. The van der Waals surface area contributed by atoms with E-state index in [1.807, 2.05) is 19.0 Å². The van der Waals surface area contributed by atoms with Crippen LogP contribution in [0.1, 0.15) is 13.3 Å². The van der Waals surface area contributed by atoms with E-state index in [0.29, 0.717) is 13.0 Å². The van der Waals surface area contributed by atoms with Crippen molar-refractivity contribution < 1.29 is 9.59 Å². The Balaban J connectivity index is 2.75. The first-order valence-corrected chi connectivity index (χ1v) is 4.66. The summed E-state index contributed by atoms with van der Waals surface area (Å²) < 4.78 is 0. The Labute approximate surface area is 83.8 Å². The molecule has 0 aliphatic carbocycles. The minimum absolute atomic E-state index is 0.0850. The molecule has 0 radical (unpaired) electrons. The lowest BCUT2D eigenvalue weighted by Gasteiger charge is -2.20. The number of carbonyl (C=O) groups excluding carboxylic acids is 2. The third-order valence-corrected chi connectivity index (χ3v) is 2.74. The average Bonchev–Trinajstić information content (AvgIpc) is 2.47. The Kier molecular flexibility index (Phi) is 3.10. The van der Waals surface area contributed by atoms with E-state index in [1.54, 1.807) is 4.90 Å². The molecule has 1 saturated heterocycles. The van der Waals surface area contributed by atoms with Crippen molar-refractivity contribution in [2.45, 2.75) is 25.4 Å². The number of hydrogen-bond donors (Lipinski definition) is 1. The van der Waals surface area contributed by atoms with E-state index in [1.165, 1.54) is 6.92 Å². The van der Waals surface area contributed by atoms with Gasteiger partial charge in [0.05, 0.1) is 0 Å². The molecule has 2 amide bonds.